The highest BCUT2D eigenvalue weighted by atomic mass is 32.2. The molecule has 0 spiro atoms. The van der Waals surface area contributed by atoms with E-state index in [1.165, 1.54) is 0 Å². The maximum Gasteiger partial charge on any atom is 0.208 e. The number of hydrogen-bond donors (Lipinski definition) is 1. The molecule has 0 aromatic rings. The highest BCUT2D eigenvalue weighted by molar-refractivity contribution is 7.88. The van der Waals surface area contributed by atoms with Crippen LogP contribution in [-0.2, 0) is 14.8 Å². The molecule has 1 aliphatic carbocycles. The van der Waals surface area contributed by atoms with Gasteiger partial charge in [-0.2, -0.15) is 0 Å². The Kier molecular flexibility index (Phi) is 2.75. The Morgan fingerprint density at radius 1 is 1.50 bits per heavy atom. The zero-order valence-corrected chi connectivity index (χ0v) is 8.28. The van der Waals surface area contributed by atoms with Gasteiger partial charge >= 0.3 is 0 Å². The van der Waals surface area contributed by atoms with Gasteiger partial charge in [0.25, 0.3) is 0 Å². The van der Waals surface area contributed by atoms with Gasteiger partial charge < -0.3 is 4.74 Å². The summed E-state index contributed by atoms with van der Waals surface area (Å²) < 4.78 is 29.2. The van der Waals surface area contributed by atoms with Gasteiger partial charge in [-0.25, -0.2) is 13.1 Å². The summed E-state index contributed by atoms with van der Waals surface area (Å²) in [6, 6.07) is 0. The second kappa shape index (κ2) is 3.32. The molecule has 0 saturated heterocycles. The van der Waals surface area contributed by atoms with Gasteiger partial charge in [0, 0.05) is 13.7 Å². The highest BCUT2D eigenvalue weighted by Gasteiger charge is 2.37. The van der Waals surface area contributed by atoms with E-state index in [1.807, 2.05) is 0 Å². The number of rotatable bonds is 4. The van der Waals surface area contributed by atoms with Crippen molar-refractivity contribution < 1.29 is 13.2 Å². The number of sulfonamides is 1. The van der Waals surface area contributed by atoms with Crippen LogP contribution in [0.3, 0.4) is 0 Å². The fraction of sp³-hybridized carbons (Fsp3) is 1.00. The molecule has 1 fully saturated rings. The Hall–Kier alpha value is -0.130. The summed E-state index contributed by atoms with van der Waals surface area (Å²) in [5.74, 6) is 0. The molecule has 72 valence electrons. The van der Waals surface area contributed by atoms with Crippen LogP contribution < -0.4 is 4.72 Å². The summed E-state index contributed by atoms with van der Waals surface area (Å²) in [5.41, 5.74) is -0.219. The average Bonchev–Trinajstić information content (AvgIpc) is 1.84. The first-order chi connectivity index (χ1) is 5.47. The average molecular weight is 193 g/mol. The van der Waals surface area contributed by atoms with Crippen molar-refractivity contribution in [3.05, 3.63) is 0 Å². The number of methoxy groups -OCH3 is 1. The molecule has 1 saturated carbocycles. The molecule has 0 amide bonds. The van der Waals surface area contributed by atoms with Crippen molar-refractivity contribution in [2.75, 3.05) is 19.9 Å². The van der Waals surface area contributed by atoms with Crippen molar-refractivity contribution in [3.63, 3.8) is 0 Å². The summed E-state index contributed by atoms with van der Waals surface area (Å²) >= 11 is 0. The van der Waals surface area contributed by atoms with Gasteiger partial charge in [-0.3, -0.25) is 0 Å². The first-order valence-electron chi connectivity index (χ1n) is 3.97. The largest absolute Gasteiger partial charge is 0.377 e. The summed E-state index contributed by atoms with van der Waals surface area (Å²) in [6.45, 7) is 0.405. The van der Waals surface area contributed by atoms with E-state index in [1.54, 1.807) is 7.11 Å². The van der Waals surface area contributed by atoms with Crippen LogP contribution in [0, 0.1) is 0 Å². The van der Waals surface area contributed by atoms with Gasteiger partial charge in [0.2, 0.25) is 10.0 Å². The van der Waals surface area contributed by atoms with Crippen LogP contribution in [0.1, 0.15) is 19.3 Å². The Balaban J connectivity index is 2.40. The van der Waals surface area contributed by atoms with Crippen LogP contribution in [0.5, 0.6) is 0 Å². The minimum atomic E-state index is -3.07. The van der Waals surface area contributed by atoms with Gasteiger partial charge in [-0.1, -0.05) is 0 Å². The van der Waals surface area contributed by atoms with Crippen LogP contribution >= 0.6 is 0 Å². The van der Waals surface area contributed by atoms with Gasteiger partial charge in [0.15, 0.2) is 0 Å². The SMILES string of the molecule is COC1(CNS(C)(=O)=O)CCC1. The number of hydrogen-bond acceptors (Lipinski definition) is 3. The van der Waals surface area contributed by atoms with E-state index in [9.17, 15) is 8.42 Å². The van der Waals surface area contributed by atoms with Crippen molar-refractivity contribution in [2.24, 2.45) is 0 Å². The zero-order chi connectivity index (χ0) is 9.24. The molecule has 0 aliphatic heterocycles. The summed E-state index contributed by atoms with van der Waals surface area (Å²) in [7, 11) is -1.45. The molecule has 0 aromatic carbocycles. The van der Waals surface area contributed by atoms with Gasteiger partial charge in [-0.15, -0.1) is 0 Å². The molecule has 1 aliphatic rings. The van der Waals surface area contributed by atoms with E-state index in [-0.39, 0.29) is 5.60 Å². The topological polar surface area (TPSA) is 55.4 Å². The maximum absolute atomic E-state index is 10.8. The summed E-state index contributed by atoms with van der Waals surface area (Å²) in [5, 5.41) is 0. The maximum atomic E-state index is 10.8. The van der Waals surface area contributed by atoms with Crippen LogP contribution in [0.15, 0.2) is 0 Å². The number of nitrogens with one attached hydrogen (secondary N) is 1. The van der Waals surface area contributed by atoms with Gasteiger partial charge in [-0.05, 0) is 19.3 Å². The Labute approximate surface area is 73.3 Å². The van der Waals surface area contributed by atoms with Gasteiger partial charge in [0.05, 0.1) is 11.9 Å². The fourth-order valence-corrected chi connectivity index (χ4v) is 1.81. The lowest BCUT2D eigenvalue weighted by Crippen LogP contribution is -2.49. The van der Waals surface area contributed by atoms with Crippen molar-refractivity contribution in [1.29, 1.82) is 0 Å². The normalized spacial score (nSPS) is 21.8. The molecule has 4 nitrogen and oxygen atoms in total. The molecule has 0 unspecified atom stereocenters. The smallest absolute Gasteiger partial charge is 0.208 e. The Morgan fingerprint density at radius 2 is 2.08 bits per heavy atom. The monoisotopic (exact) mass is 193 g/mol. The summed E-state index contributed by atoms with van der Waals surface area (Å²) in [4.78, 5) is 0. The lowest BCUT2D eigenvalue weighted by Gasteiger charge is -2.40. The van der Waals surface area contributed by atoms with Crippen LogP contribution in [0.4, 0.5) is 0 Å². The molecular formula is C7H15NO3S. The van der Waals surface area contributed by atoms with Crippen molar-refractivity contribution >= 4 is 10.0 Å². The lowest BCUT2D eigenvalue weighted by atomic mass is 9.80. The third-order valence-electron chi connectivity index (χ3n) is 2.35. The molecule has 1 rings (SSSR count). The van der Waals surface area contributed by atoms with E-state index in [2.05, 4.69) is 4.72 Å². The molecule has 0 atom stereocenters. The minimum absolute atomic E-state index is 0.219. The van der Waals surface area contributed by atoms with E-state index >= 15 is 0 Å². The molecule has 0 heterocycles. The van der Waals surface area contributed by atoms with Crippen molar-refractivity contribution in [3.8, 4) is 0 Å². The minimum Gasteiger partial charge on any atom is -0.377 e. The quantitative estimate of drug-likeness (QED) is 0.689. The Bertz CT molecular complexity index is 238. The molecule has 0 radical (unpaired) electrons. The predicted octanol–water partition coefficient (Wildman–Crippen LogP) is 0.105. The van der Waals surface area contributed by atoms with E-state index in [0.29, 0.717) is 6.54 Å². The van der Waals surface area contributed by atoms with E-state index in [0.717, 1.165) is 25.5 Å². The molecule has 0 aromatic heterocycles. The van der Waals surface area contributed by atoms with E-state index in [4.69, 9.17) is 4.74 Å². The lowest BCUT2D eigenvalue weighted by molar-refractivity contribution is -0.0659. The van der Waals surface area contributed by atoms with Crippen molar-refractivity contribution in [2.45, 2.75) is 24.9 Å². The first kappa shape index (κ1) is 9.95. The first-order valence-corrected chi connectivity index (χ1v) is 5.86. The number of ether oxygens (including phenoxy) is 1. The van der Waals surface area contributed by atoms with Crippen LogP contribution in [0.25, 0.3) is 0 Å². The Morgan fingerprint density at radius 3 is 2.33 bits per heavy atom. The molecular weight excluding hydrogens is 178 g/mol. The second-order valence-electron chi connectivity index (χ2n) is 3.33. The second-order valence-corrected chi connectivity index (χ2v) is 5.17. The third-order valence-corrected chi connectivity index (χ3v) is 3.02. The standard InChI is InChI=1S/C7H15NO3S/c1-11-7(4-3-5-7)6-8-12(2,9)10/h8H,3-6H2,1-2H3. The van der Waals surface area contributed by atoms with Crippen molar-refractivity contribution in [1.82, 2.24) is 4.72 Å². The molecule has 5 heteroatoms. The fourth-order valence-electron chi connectivity index (χ4n) is 1.29. The molecule has 0 bridgehead atoms. The van der Waals surface area contributed by atoms with Crippen LogP contribution in [-0.4, -0.2) is 33.9 Å². The van der Waals surface area contributed by atoms with Crippen LogP contribution in [0.2, 0.25) is 0 Å². The van der Waals surface area contributed by atoms with E-state index < -0.39 is 10.0 Å². The third kappa shape index (κ3) is 2.43. The zero-order valence-electron chi connectivity index (χ0n) is 7.46. The predicted molar refractivity (Wildman–Crippen MR) is 46.4 cm³/mol. The molecule has 1 N–H and O–H groups in total. The molecule has 12 heavy (non-hydrogen) atoms. The highest BCUT2D eigenvalue weighted by Crippen LogP contribution is 2.34. The van der Waals surface area contributed by atoms with Gasteiger partial charge in [0.1, 0.15) is 0 Å². The summed E-state index contributed by atoms with van der Waals surface area (Å²) in [6.07, 6.45) is 4.19.